The van der Waals surface area contributed by atoms with E-state index < -0.39 is 0 Å². The molecule has 6 nitrogen and oxygen atoms in total. The highest BCUT2D eigenvalue weighted by molar-refractivity contribution is 7.11. The van der Waals surface area contributed by atoms with Gasteiger partial charge in [-0.05, 0) is 18.5 Å². The van der Waals surface area contributed by atoms with Crippen LogP contribution in [0, 0.1) is 0 Å². The number of hydrogen-bond acceptors (Lipinski definition) is 7. The molecule has 2 N–H and O–H groups in total. The predicted octanol–water partition coefficient (Wildman–Crippen LogP) is 1.22. The van der Waals surface area contributed by atoms with E-state index in [-0.39, 0.29) is 6.04 Å². The summed E-state index contributed by atoms with van der Waals surface area (Å²) in [5.74, 6) is 1.04. The Balaban J connectivity index is 2.93. The molecule has 18 heavy (non-hydrogen) atoms. The molecule has 1 aromatic rings. The van der Waals surface area contributed by atoms with Crippen molar-refractivity contribution in [2.45, 2.75) is 13.0 Å². The van der Waals surface area contributed by atoms with Gasteiger partial charge in [-0.25, -0.2) is 0 Å². The molecule has 0 aliphatic carbocycles. The van der Waals surface area contributed by atoms with Gasteiger partial charge < -0.3 is 24.8 Å². The van der Waals surface area contributed by atoms with Gasteiger partial charge in [0.25, 0.3) is 0 Å². The molecule has 1 unspecified atom stereocenters. The molecule has 1 aromatic heterocycles. The first-order valence-electron chi connectivity index (χ1n) is 5.69. The minimum atomic E-state index is 0.193. The van der Waals surface area contributed by atoms with Gasteiger partial charge in [0.05, 0.1) is 26.4 Å². The van der Waals surface area contributed by atoms with E-state index in [0.29, 0.717) is 24.8 Å². The smallest absolute Gasteiger partial charge is 0.197 e. The SMILES string of the molecule is COCCN(c1snc(N)c1OC)C(C)COC. The molecular formula is C11H21N3O3S. The monoisotopic (exact) mass is 275 g/mol. The number of ether oxygens (including phenoxy) is 3. The largest absolute Gasteiger partial charge is 0.490 e. The third-order valence-corrected chi connectivity index (χ3v) is 3.48. The Bertz CT molecular complexity index is 359. The van der Waals surface area contributed by atoms with Gasteiger partial charge in [0, 0.05) is 20.8 Å². The minimum Gasteiger partial charge on any atom is -0.490 e. The lowest BCUT2D eigenvalue weighted by Crippen LogP contribution is -2.38. The maximum atomic E-state index is 5.78. The molecule has 7 heteroatoms. The first-order valence-corrected chi connectivity index (χ1v) is 6.46. The van der Waals surface area contributed by atoms with E-state index in [1.54, 1.807) is 21.3 Å². The highest BCUT2D eigenvalue weighted by Crippen LogP contribution is 2.38. The molecule has 0 aliphatic heterocycles. The fourth-order valence-electron chi connectivity index (χ4n) is 1.70. The highest BCUT2D eigenvalue weighted by Gasteiger charge is 2.22. The van der Waals surface area contributed by atoms with E-state index >= 15 is 0 Å². The van der Waals surface area contributed by atoms with Crippen molar-refractivity contribution in [1.82, 2.24) is 4.37 Å². The molecule has 0 aliphatic rings. The number of nitrogens with two attached hydrogens (primary N) is 1. The molecule has 0 saturated heterocycles. The Morgan fingerprint density at radius 2 is 2.06 bits per heavy atom. The third kappa shape index (κ3) is 3.47. The second-order valence-corrected chi connectivity index (χ2v) is 4.65. The van der Waals surface area contributed by atoms with Crippen LogP contribution in [0.15, 0.2) is 0 Å². The number of nitrogens with zero attached hydrogens (tertiary/aromatic N) is 2. The predicted molar refractivity (Wildman–Crippen MR) is 73.6 cm³/mol. The van der Waals surface area contributed by atoms with Crippen molar-refractivity contribution in [3.63, 3.8) is 0 Å². The van der Waals surface area contributed by atoms with Crippen LogP contribution >= 0.6 is 11.5 Å². The summed E-state index contributed by atoms with van der Waals surface area (Å²) in [6, 6.07) is 0.193. The van der Waals surface area contributed by atoms with Crippen LogP contribution < -0.4 is 15.4 Å². The van der Waals surface area contributed by atoms with Crippen molar-refractivity contribution < 1.29 is 14.2 Å². The number of nitrogen functional groups attached to an aromatic ring is 1. The number of aromatic nitrogens is 1. The molecule has 1 heterocycles. The summed E-state index contributed by atoms with van der Waals surface area (Å²) in [6.07, 6.45) is 0. The number of methoxy groups -OCH3 is 3. The fourth-order valence-corrected chi connectivity index (χ4v) is 2.62. The summed E-state index contributed by atoms with van der Waals surface area (Å²) in [6.45, 7) is 4.05. The summed E-state index contributed by atoms with van der Waals surface area (Å²) in [5, 5.41) is 0.914. The van der Waals surface area contributed by atoms with Crippen LogP contribution in [-0.4, -0.2) is 51.5 Å². The topological polar surface area (TPSA) is 69.8 Å². The molecule has 0 fully saturated rings. The molecule has 104 valence electrons. The average Bonchev–Trinajstić information content (AvgIpc) is 2.71. The molecule has 1 atom stereocenters. The van der Waals surface area contributed by atoms with Crippen LogP contribution in [0.25, 0.3) is 0 Å². The summed E-state index contributed by atoms with van der Waals surface area (Å²) in [4.78, 5) is 2.14. The van der Waals surface area contributed by atoms with E-state index in [9.17, 15) is 0 Å². The summed E-state index contributed by atoms with van der Waals surface area (Å²) < 4.78 is 19.8. The lowest BCUT2D eigenvalue weighted by atomic mass is 10.3. The Labute approximate surface area is 112 Å². The highest BCUT2D eigenvalue weighted by atomic mass is 32.1. The lowest BCUT2D eigenvalue weighted by molar-refractivity contribution is 0.171. The van der Waals surface area contributed by atoms with Crippen LogP contribution in [0.2, 0.25) is 0 Å². The summed E-state index contributed by atoms with van der Waals surface area (Å²) >= 11 is 1.33. The van der Waals surface area contributed by atoms with E-state index in [0.717, 1.165) is 11.5 Å². The second kappa shape index (κ2) is 7.40. The van der Waals surface area contributed by atoms with Crippen LogP contribution in [0.5, 0.6) is 5.75 Å². The fraction of sp³-hybridized carbons (Fsp3) is 0.727. The van der Waals surface area contributed by atoms with E-state index in [4.69, 9.17) is 19.9 Å². The molecular weight excluding hydrogens is 254 g/mol. The summed E-state index contributed by atoms with van der Waals surface area (Å²) in [7, 11) is 4.96. The van der Waals surface area contributed by atoms with Crippen LogP contribution in [0.4, 0.5) is 10.8 Å². The molecule has 0 aromatic carbocycles. The van der Waals surface area contributed by atoms with Gasteiger partial charge in [0.2, 0.25) is 0 Å². The van der Waals surface area contributed by atoms with Crippen molar-refractivity contribution in [2.75, 3.05) is 51.7 Å². The maximum Gasteiger partial charge on any atom is 0.197 e. The average molecular weight is 275 g/mol. The molecule has 0 bridgehead atoms. The van der Waals surface area contributed by atoms with Crippen molar-refractivity contribution in [3.8, 4) is 5.75 Å². The molecule has 0 saturated carbocycles. The van der Waals surface area contributed by atoms with Crippen LogP contribution in [0.3, 0.4) is 0 Å². The minimum absolute atomic E-state index is 0.193. The van der Waals surface area contributed by atoms with Crippen molar-refractivity contribution in [3.05, 3.63) is 0 Å². The zero-order valence-corrected chi connectivity index (χ0v) is 12.1. The normalized spacial score (nSPS) is 12.4. The zero-order valence-electron chi connectivity index (χ0n) is 11.3. The second-order valence-electron chi connectivity index (χ2n) is 3.90. The molecule has 0 amide bonds. The number of rotatable bonds is 8. The molecule has 0 radical (unpaired) electrons. The Morgan fingerprint density at radius 3 is 2.61 bits per heavy atom. The van der Waals surface area contributed by atoms with Crippen molar-refractivity contribution in [2.24, 2.45) is 0 Å². The van der Waals surface area contributed by atoms with Gasteiger partial charge >= 0.3 is 0 Å². The van der Waals surface area contributed by atoms with E-state index in [1.807, 2.05) is 0 Å². The maximum absolute atomic E-state index is 5.78. The van der Waals surface area contributed by atoms with Gasteiger partial charge in [-0.15, -0.1) is 0 Å². The standard InChI is InChI=1S/C11H21N3O3S/c1-8(7-16-3)14(5-6-15-2)11-9(17-4)10(12)13-18-11/h8H,5-7H2,1-4H3,(H2,12,13). The molecule has 0 spiro atoms. The van der Waals surface area contributed by atoms with Gasteiger partial charge in [0.1, 0.15) is 0 Å². The summed E-state index contributed by atoms with van der Waals surface area (Å²) in [5.41, 5.74) is 5.78. The van der Waals surface area contributed by atoms with Crippen LogP contribution in [-0.2, 0) is 9.47 Å². The molecule has 1 rings (SSSR count). The lowest BCUT2D eigenvalue weighted by Gasteiger charge is -2.29. The Hall–Kier alpha value is -1.05. The van der Waals surface area contributed by atoms with Gasteiger partial charge in [-0.2, -0.15) is 4.37 Å². The Kier molecular flexibility index (Phi) is 6.17. The van der Waals surface area contributed by atoms with Crippen molar-refractivity contribution >= 4 is 22.4 Å². The van der Waals surface area contributed by atoms with Crippen molar-refractivity contribution in [1.29, 1.82) is 0 Å². The first kappa shape index (κ1) is 15.0. The van der Waals surface area contributed by atoms with Gasteiger partial charge in [-0.3, -0.25) is 0 Å². The van der Waals surface area contributed by atoms with E-state index in [1.165, 1.54) is 11.5 Å². The van der Waals surface area contributed by atoms with Gasteiger partial charge in [-0.1, -0.05) is 0 Å². The quantitative estimate of drug-likeness (QED) is 0.769. The van der Waals surface area contributed by atoms with E-state index in [2.05, 4.69) is 16.2 Å². The third-order valence-electron chi connectivity index (χ3n) is 2.60. The first-order chi connectivity index (χ1) is 8.65. The van der Waals surface area contributed by atoms with Crippen LogP contribution in [0.1, 0.15) is 6.92 Å². The number of hydrogen-bond donors (Lipinski definition) is 1. The zero-order chi connectivity index (χ0) is 13.5. The Morgan fingerprint density at radius 1 is 1.33 bits per heavy atom. The van der Waals surface area contributed by atoms with Gasteiger partial charge in [0.15, 0.2) is 16.6 Å². The number of anilines is 2.